The molecule has 5 heteroatoms. The summed E-state index contributed by atoms with van der Waals surface area (Å²) < 4.78 is 7.32. The fourth-order valence-corrected chi connectivity index (χ4v) is 2.11. The first-order chi connectivity index (χ1) is 9.40. The molecule has 0 spiro atoms. The molecule has 0 aliphatic rings. The zero-order valence-electron chi connectivity index (χ0n) is 12.1. The highest BCUT2D eigenvalue weighted by molar-refractivity contribution is 5.88. The first-order valence-corrected chi connectivity index (χ1v) is 6.35. The van der Waals surface area contributed by atoms with Gasteiger partial charge in [0.2, 0.25) is 0 Å². The van der Waals surface area contributed by atoms with E-state index in [1.807, 2.05) is 26.8 Å². The number of carboxylic acids is 1. The molecule has 0 atom stereocenters. The van der Waals surface area contributed by atoms with Crippen molar-refractivity contribution in [1.82, 2.24) is 9.78 Å². The van der Waals surface area contributed by atoms with Crippen molar-refractivity contribution in [3.05, 3.63) is 46.3 Å². The Morgan fingerprint density at radius 1 is 1.35 bits per heavy atom. The SMILES string of the molecule is Cc1cc(C)c(C)c(OCc2c(C(=O)O)cnn2C)c1. The average molecular weight is 274 g/mol. The lowest BCUT2D eigenvalue weighted by atomic mass is 10.1. The summed E-state index contributed by atoms with van der Waals surface area (Å²) in [5.41, 5.74) is 4.07. The Morgan fingerprint density at radius 2 is 2.05 bits per heavy atom. The first kappa shape index (κ1) is 14.1. The minimum atomic E-state index is -0.992. The number of aromatic nitrogens is 2. The summed E-state index contributed by atoms with van der Waals surface area (Å²) in [6.07, 6.45) is 1.34. The molecule has 0 radical (unpaired) electrons. The van der Waals surface area contributed by atoms with E-state index in [2.05, 4.69) is 11.2 Å². The van der Waals surface area contributed by atoms with Crippen LogP contribution in [0.3, 0.4) is 0 Å². The molecule has 0 unspecified atom stereocenters. The van der Waals surface area contributed by atoms with Gasteiger partial charge in [-0.15, -0.1) is 0 Å². The van der Waals surface area contributed by atoms with Crippen LogP contribution >= 0.6 is 0 Å². The molecule has 0 aliphatic carbocycles. The van der Waals surface area contributed by atoms with Gasteiger partial charge in [-0.1, -0.05) is 6.07 Å². The molecule has 2 rings (SSSR count). The van der Waals surface area contributed by atoms with Gasteiger partial charge in [-0.05, 0) is 43.5 Å². The maximum Gasteiger partial charge on any atom is 0.339 e. The first-order valence-electron chi connectivity index (χ1n) is 6.35. The van der Waals surface area contributed by atoms with Crippen LogP contribution in [0.2, 0.25) is 0 Å². The van der Waals surface area contributed by atoms with E-state index in [4.69, 9.17) is 9.84 Å². The lowest BCUT2D eigenvalue weighted by Crippen LogP contribution is -2.09. The normalized spacial score (nSPS) is 10.6. The summed E-state index contributed by atoms with van der Waals surface area (Å²) in [6.45, 7) is 6.21. The van der Waals surface area contributed by atoms with E-state index in [1.54, 1.807) is 7.05 Å². The Morgan fingerprint density at radius 3 is 2.70 bits per heavy atom. The molecule has 2 aromatic rings. The molecule has 106 valence electrons. The summed E-state index contributed by atoms with van der Waals surface area (Å²) in [5.74, 6) is -0.214. The number of carbonyl (C=O) groups is 1. The van der Waals surface area contributed by atoms with E-state index in [-0.39, 0.29) is 12.2 Å². The summed E-state index contributed by atoms with van der Waals surface area (Å²) >= 11 is 0. The zero-order valence-corrected chi connectivity index (χ0v) is 12.1. The van der Waals surface area contributed by atoms with Crippen molar-refractivity contribution in [2.24, 2.45) is 7.05 Å². The predicted molar refractivity (Wildman–Crippen MR) is 75.2 cm³/mol. The van der Waals surface area contributed by atoms with Crippen molar-refractivity contribution in [1.29, 1.82) is 0 Å². The smallest absolute Gasteiger partial charge is 0.339 e. The molecular formula is C15H18N2O3. The monoisotopic (exact) mass is 274 g/mol. The van der Waals surface area contributed by atoms with Gasteiger partial charge in [0.1, 0.15) is 17.9 Å². The van der Waals surface area contributed by atoms with E-state index >= 15 is 0 Å². The van der Waals surface area contributed by atoms with E-state index in [0.29, 0.717) is 5.69 Å². The van der Waals surface area contributed by atoms with E-state index in [0.717, 1.165) is 22.4 Å². The van der Waals surface area contributed by atoms with Gasteiger partial charge >= 0.3 is 5.97 Å². The van der Waals surface area contributed by atoms with Crippen LogP contribution in [-0.2, 0) is 13.7 Å². The largest absolute Gasteiger partial charge is 0.487 e. The van der Waals surface area contributed by atoms with Crippen LogP contribution in [0, 0.1) is 20.8 Å². The minimum Gasteiger partial charge on any atom is -0.487 e. The van der Waals surface area contributed by atoms with Gasteiger partial charge < -0.3 is 9.84 Å². The van der Waals surface area contributed by atoms with Crippen molar-refractivity contribution >= 4 is 5.97 Å². The maximum absolute atomic E-state index is 11.1. The van der Waals surface area contributed by atoms with E-state index < -0.39 is 5.97 Å². The van der Waals surface area contributed by atoms with Crippen molar-refractivity contribution in [3.63, 3.8) is 0 Å². The Labute approximate surface area is 117 Å². The number of ether oxygens (including phenoxy) is 1. The van der Waals surface area contributed by atoms with Gasteiger partial charge in [-0.3, -0.25) is 4.68 Å². The summed E-state index contributed by atoms with van der Waals surface area (Å²) in [5, 5.41) is 13.1. The van der Waals surface area contributed by atoms with Gasteiger partial charge in [-0.25, -0.2) is 4.79 Å². The van der Waals surface area contributed by atoms with Crippen LogP contribution in [-0.4, -0.2) is 20.9 Å². The average Bonchev–Trinajstić information content (AvgIpc) is 2.73. The van der Waals surface area contributed by atoms with Crippen LogP contribution in [0.15, 0.2) is 18.3 Å². The molecule has 1 N–H and O–H groups in total. The van der Waals surface area contributed by atoms with Crippen molar-refractivity contribution in [3.8, 4) is 5.75 Å². The Kier molecular flexibility index (Phi) is 3.79. The third-order valence-electron chi connectivity index (χ3n) is 3.42. The third-order valence-corrected chi connectivity index (χ3v) is 3.42. The predicted octanol–water partition coefficient (Wildman–Crippen LogP) is 2.62. The molecule has 0 saturated heterocycles. The number of carboxylic acid groups (broad SMARTS) is 1. The fourth-order valence-electron chi connectivity index (χ4n) is 2.11. The minimum absolute atomic E-state index is 0.175. The van der Waals surface area contributed by atoms with Crippen molar-refractivity contribution in [2.75, 3.05) is 0 Å². The summed E-state index contributed by atoms with van der Waals surface area (Å²) in [7, 11) is 1.71. The second kappa shape index (κ2) is 5.36. The summed E-state index contributed by atoms with van der Waals surface area (Å²) in [4.78, 5) is 11.1. The van der Waals surface area contributed by atoms with Crippen molar-refractivity contribution < 1.29 is 14.6 Å². The quantitative estimate of drug-likeness (QED) is 0.930. The number of nitrogens with zero attached hydrogens (tertiary/aromatic N) is 2. The summed E-state index contributed by atoms with van der Waals surface area (Å²) in [6, 6.07) is 4.05. The zero-order chi connectivity index (χ0) is 14.9. The number of hydrogen-bond donors (Lipinski definition) is 1. The molecule has 0 saturated carbocycles. The van der Waals surface area contributed by atoms with Crippen LogP contribution in [0.5, 0.6) is 5.75 Å². The molecule has 1 heterocycles. The number of aromatic carboxylic acids is 1. The lowest BCUT2D eigenvalue weighted by molar-refractivity contribution is 0.0693. The number of hydrogen-bond acceptors (Lipinski definition) is 3. The highest BCUT2D eigenvalue weighted by Crippen LogP contribution is 2.24. The lowest BCUT2D eigenvalue weighted by Gasteiger charge is -2.13. The highest BCUT2D eigenvalue weighted by atomic mass is 16.5. The van der Waals surface area contributed by atoms with Crippen LogP contribution in [0.1, 0.15) is 32.7 Å². The second-order valence-corrected chi connectivity index (χ2v) is 4.93. The number of rotatable bonds is 4. The second-order valence-electron chi connectivity index (χ2n) is 4.93. The Bertz CT molecular complexity index is 659. The molecule has 1 aromatic carbocycles. The van der Waals surface area contributed by atoms with Gasteiger partial charge in [0.05, 0.1) is 11.9 Å². The molecule has 0 aliphatic heterocycles. The van der Waals surface area contributed by atoms with Gasteiger partial charge in [0, 0.05) is 7.05 Å². The molecular weight excluding hydrogens is 256 g/mol. The van der Waals surface area contributed by atoms with Crippen LogP contribution in [0.25, 0.3) is 0 Å². The Hall–Kier alpha value is -2.30. The molecule has 0 fully saturated rings. The standard InChI is InChI=1S/C15H18N2O3/c1-9-5-10(2)11(3)14(6-9)20-8-13-12(15(18)19)7-16-17(13)4/h5-7H,8H2,1-4H3,(H,18,19). The number of aryl methyl sites for hydroxylation is 3. The molecule has 5 nitrogen and oxygen atoms in total. The highest BCUT2D eigenvalue weighted by Gasteiger charge is 2.16. The maximum atomic E-state index is 11.1. The molecule has 1 aromatic heterocycles. The van der Waals surface area contributed by atoms with Gasteiger partial charge in [0.25, 0.3) is 0 Å². The molecule has 0 amide bonds. The molecule has 20 heavy (non-hydrogen) atoms. The molecule has 0 bridgehead atoms. The third kappa shape index (κ3) is 2.66. The van der Waals surface area contributed by atoms with Crippen LogP contribution < -0.4 is 4.74 Å². The van der Waals surface area contributed by atoms with E-state index in [9.17, 15) is 4.79 Å². The van der Waals surface area contributed by atoms with Crippen molar-refractivity contribution in [2.45, 2.75) is 27.4 Å². The fraction of sp³-hybridized carbons (Fsp3) is 0.333. The van der Waals surface area contributed by atoms with E-state index in [1.165, 1.54) is 10.9 Å². The van der Waals surface area contributed by atoms with Gasteiger partial charge in [-0.2, -0.15) is 5.10 Å². The topological polar surface area (TPSA) is 64.3 Å². The van der Waals surface area contributed by atoms with Crippen LogP contribution in [0.4, 0.5) is 0 Å². The van der Waals surface area contributed by atoms with Gasteiger partial charge in [0.15, 0.2) is 0 Å². The Balaban J connectivity index is 2.26. The number of benzene rings is 1.